The highest BCUT2D eigenvalue weighted by atomic mass is 127. The van der Waals surface area contributed by atoms with Gasteiger partial charge in [0.15, 0.2) is 37.0 Å². The average molecular weight is 1640 g/mol. The number of methoxy groups -OCH3 is 4. The molecule has 2 aliphatic heterocycles. The van der Waals surface area contributed by atoms with E-state index in [1.54, 1.807) is 28.4 Å². The van der Waals surface area contributed by atoms with Crippen molar-refractivity contribution in [1.29, 1.82) is 0 Å². The van der Waals surface area contributed by atoms with Gasteiger partial charge in [-0.3, -0.25) is 0 Å². The third-order valence-electron chi connectivity index (χ3n) is 14.8. The minimum atomic E-state index is -1.97. The predicted octanol–water partition coefficient (Wildman–Crippen LogP) is 17.6. The minimum absolute atomic E-state index is 0.0875. The van der Waals surface area contributed by atoms with Crippen LogP contribution in [0.5, 0.6) is 0 Å². The summed E-state index contributed by atoms with van der Waals surface area (Å²) in [6, 6.07) is -0.999. The molecule has 2 heterocycles. The van der Waals surface area contributed by atoms with E-state index in [2.05, 4.69) is 246 Å². The molecule has 0 aromatic carbocycles. The van der Waals surface area contributed by atoms with Crippen LogP contribution in [0.2, 0.25) is 54.4 Å². The summed E-state index contributed by atoms with van der Waals surface area (Å²) < 4.78 is 48.6. The Morgan fingerprint density at radius 2 is 0.815 bits per heavy atom. The summed E-state index contributed by atoms with van der Waals surface area (Å²) >= 11 is 8.83. The lowest BCUT2D eigenvalue weighted by Crippen LogP contribution is -2.50. The summed E-state index contributed by atoms with van der Waals surface area (Å²) in [7, 11) is 1.46. The Hall–Kier alpha value is -0.119. The first-order valence-electron chi connectivity index (χ1n) is 28.7. The van der Waals surface area contributed by atoms with Gasteiger partial charge in [-0.25, -0.2) is 20.0 Å². The number of nitrogens with zero attached hydrogens (tertiary/aromatic N) is 4. The smallest absolute Gasteiger partial charge is 0.212 e. The molecular formula is C60H114I4N4O10Si3. The summed E-state index contributed by atoms with van der Waals surface area (Å²) in [6.07, 6.45) is 17.5. The quantitative estimate of drug-likeness (QED) is 0.0388. The van der Waals surface area contributed by atoms with E-state index in [9.17, 15) is 9.90 Å². The number of ether oxygens (including phenoxy) is 4. The van der Waals surface area contributed by atoms with Gasteiger partial charge in [0.05, 0.1) is 40.6 Å². The highest BCUT2D eigenvalue weighted by molar-refractivity contribution is 14.1. The zero-order valence-electron chi connectivity index (χ0n) is 54.5. The predicted molar refractivity (Wildman–Crippen MR) is 389 cm³/mol. The monoisotopic (exact) mass is 1640 g/mol. The van der Waals surface area contributed by atoms with Crippen LogP contribution >= 0.6 is 90.4 Å². The van der Waals surface area contributed by atoms with Gasteiger partial charge in [-0.15, -0.1) is 0 Å². The van der Waals surface area contributed by atoms with Crippen molar-refractivity contribution >= 4 is 145 Å². The lowest BCUT2D eigenvalue weighted by atomic mass is 10.00. The van der Waals surface area contributed by atoms with Gasteiger partial charge in [-0.05, 0) is 140 Å². The van der Waals surface area contributed by atoms with Crippen molar-refractivity contribution in [1.82, 2.24) is 0 Å². The molecule has 474 valence electrons. The average Bonchev–Trinajstić information content (AvgIpc) is 3.38. The van der Waals surface area contributed by atoms with Crippen LogP contribution in [0.1, 0.15) is 154 Å². The maximum Gasteiger partial charge on any atom is 0.212 e. The number of carbonyl (C=O) groups excluding carboxylic acids is 1. The largest absolute Gasteiger partial charge is 0.483 e. The molecule has 2 N–H and O–H groups in total. The highest BCUT2D eigenvalue weighted by Gasteiger charge is 2.44. The molecule has 1 unspecified atom stereocenters. The second kappa shape index (κ2) is 45.2. The van der Waals surface area contributed by atoms with Gasteiger partial charge in [0.2, 0.25) is 23.6 Å². The van der Waals surface area contributed by atoms with Crippen molar-refractivity contribution < 1.29 is 47.2 Å². The highest BCUT2D eigenvalue weighted by Crippen LogP contribution is 2.40. The number of carbonyl (C=O) groups is 1. The number of aliphatic hydroxyl groups excluding tert-OH is 2. The van der Waals surface area contributed by atoms with Crippen molar-refractivity contribution in [2.75, 3.05) is 48.3 Å². The van der Waals surface area contributed by atoms with Gasteiger partial charge >= 0.3 is 0 Å². The van der Waals surface area contributed by atoms with Crippen LogP contribution in [0.25, 0.3) is 0 Å². The molecule has 0 saturated carbocycles. The molecule has 81 heavy (non-hydrogen) atoms. The van der Waals surface area contributed by atoms with Crippen molar-refractivity contribution in [2.45, 2.75) is 245 Å². The Kier molecular flexibility index (Phi) is 47.5. The number of allylic oxidation sites excluding steroid dienone is 4. The Bertz CT molecular complexity index is 1930. The van der Waals surface area contributed by atoms with Crippen molar-refractivity contribution in [3.05, 3.63) is 40.6 Å². The minimum Gasteiger partial charge on any atom is -0.483 e. The van der Waals surface area contributed by atoms with E-state index in [1.807, 2.05) is 24.4 Å². The number of unbranched alkanes of at least 4 members (excludes halogenated alkanes) is 3. The number of halogens is 4. The Balaban J connectivity index is -0.000000998. The van der Waals surface area contributed by atoms with Crippen LogP contribution in [-0.2, 0) is 37.0 Å². The Labute approximate surface area is 552 Å². The second-order valence-electron chi connectivity index (χ2n) is 25.1. The third kappa shape index (κ3) is 35.5. The molecule has 0 aromatic heterocycles. The lowest BCUT2D eigenvalue weighted by Gasteiger charge is -2.41. The van der Waals surface area contributed by atoms with Crippen LogP contribution in [-0.4, -0.2) is 150 Å². The van der Waals surface area contributed by atoms with E-state index < -0.39 is 37.1 Å². The van der Waals surface area contributed by atoms with E-state index >= 15 is 0 Å². The molecule has 0 spiro atoms. The fraction of sp³-hybridized carbons (Fsp3) is 0.783. The summed E-state index contributed by atoms with van der Waals surface area (Å²) in [5.41, 5.74) is 0. The summed E-state index contributed by atoms with van der Waals surface area (Å²) in [4.78, 5) is 28.9. The molecule has 0 fully saturated rings. The van der Waals surface area contributed by atoms with E-state index in [4.69, 9.17) is 47.3 Å². The zero-order valence-corrected chi connectivity index (χ0v) is 66.1. The molecule has 0 saturated heterocycles. The normalized spacial score (nSPS) is 19.0. The van der Waals surface area contributed by atoms with Gasteiger partial charge in [0.25, 0.3) is 0 Å². The Morgan fingerprint density at radius 3 is 1.16 bits per heavy atom. The zero-order chi connectivity index (χ0) is 63.3. The summed E-state index contributed by atoms with van der Waals surface area (Å²) in [5.74, 6) is 2.92. The number of aliphatic hydroxyl groups is 2. The second-order valence-corrected chi connectivity index (χ2v) is 42.3. The first kappa shape index (κ1) is 85.1. The SMILES string of the molecule is CC(C)(C)[Si](C)(C)OCCC/C=C/I.CC(C)(C)[Si](C)(C)OCCCC=O.COC1=N[C@H](C(C)C)C(OC)=N[C@H]1C(O)CC/C=C/I.COC1=N[C@H](C(C)C)C(OC)=N[C@H]1[C@@H](CC/C=C/I)O[Si](C)(C)C(C)(C)C.OCCC/C=C/I. The maximum absolute atomic E-state index is 10.3. The fourth-order valence-corrected chi connectivity index (χ4v) is 11.5. The fourth-order valence-electron chi connectivity index (χ4n) is 6.57. The topological polar surface area (TPSA) is 172 Å². The van der Waals surface area contributed by atoms with Crippen molar-refractivity contribution in [3.63, 3.8) is 0 Å². The van der Waals surface area contributed by atoms with Crippen LogP contribution in [0, 0.1) is 11.8 Å². The molecule has 14 nitrogen and oxygen atoms in total. The molecule has 21 heteroatoms. The molecule has 0 bridgehead atoms. The molecule has 0 aromatic rings. The van der Waals surface area contributed by atoms with Crippen LogP contribution in [0.3, 0.4) is 0 Å². The molecule has 0 aliphatic carbocycles. The Morgan fingerprint density at radius 1 is 0.494 bits per heavy atom. The molecule has 0 radical (unpaired) electrons. The van der Waals surface area contributed by atoms with Crippen LogP contribution < -0.4 is 0 Å². The number of hydrogen-bond donors (Lipinski definition) is 2. The van der Waals surface area contributed by atoms with Crippen LogP contribution in [0.4, 0.5) is 0 Å². The lowest BCUT2D eigenvalue weighted by molar-refractivity contribution is -0.108. The van der Waals surface area contributed by atoms with E-state index in [1.165, 1.54) is 0 Å². The van der Waals surface area contributed by atoms with Gasteiger partial charge in [-0.2, -0.15) is 0 Å². The summed E-state index contributed by atoms with van der Waals surface area (Å²) in [5, 5.41) is 19.3. The first-order chi connectivity index (χ1) is 37.6. The number of aldehydes is 1. The maximum atomic E-state index is 10.3. The molecule has 2 rings (SSSR count). The third-order valence-corrected chi connectivity index (χ3v) is 30.4. The first-order valence-corrected chi connectivity index (χ1v) is 42.4. The van der Waals surface area contributed by atoms with Crippen molar-refractivity contribution in [2.24, 2.45) is 31.8 Å². The van der Waals surface area contributed by atoms with Gasteiger partial charge in [0.1, 0.15) is 18.4 Å². The standard InChI is InChI=1S/C20H37IN2O3Si.C14H23IN2O3.C11H23IOSi.C10H22O2Si.C5H9IO/c1-14(2)16-18(24-6)23-17(19(22-16)25-7)15(12-10-11-13-21)26-27(8,9)20(3,4)5;1-9(2)11-13(19-3)17-12(14(16-11)20-4)10(18)7-5-6-8-15;1-11(2,3)14(4,5)13-10-8-6-7-9-12;1-10(2,3)13(4,5)12-9-7-6-8-11;6-4-2-1-3-5-7/h11,13-17H,10,12H2,1-9H3;6,8-12,18H,5,7H2,1-4H3;7,9H,6,8,10H2,1-5H3;8H,6-7,9H2,1-5H3;2,4,7H,1,3,5H2/b13-11+;8-6+;9-7+;;4-2+/t15-,16-,17+;10?,11-,12+;;;/m11.../s1. The van der Waals surface area contributed by atoms with E-state index in [0.29, 0.717) is 48.1 Å². The number of aliphatic imine (C=N–C) groups is 4. The molecule has 0 amide bonds. The molecule has 6 atom stereocenters. The van der Waals surface area contributed by atoms with Gasteiger partial charge in [-0.1, -0.05) is 205 Å². The van der Waals surface area contributed by atoms with Crippen molar-refractivity contribution in [3.8, 4) is 0 Å². The van der Waals surface area contributed by atoms with E-state index in [-0.39, 0.29) is 46.1 Å². The molecule has 2 aliphatic rings. The van der Waals surface area contributed by atoms with Gasteiger partial charge in [0, 0.05) is 26.2 Å². The van der Waals surface area contributed by atoms with Crippen LogP contribution in [0.15, 0.2) is 60.6 Å². The number of rotatable bonds is 25. The number of hydrogen-bond acceptors (Lipinski definition) is 14. The van der Waals surface area contributed by atoms with E-state index in [0.717, 1.165) is 70.9 Å². The molecular weight excluding hydrogens is 1530 g/mol. The van der Waals surface area contributed by atoms with Gasteiger partial charge < -0.3 is 47.2 Å². The summed E-state index contributed by atoms with van der Waals surface area (Å²) in [6.45, 7) is 44.2.